The predicted octanol–water partition coefficient (Wildman–Crippen LogP) is 3.84. The number of benzene rings is 1. The van der Waals surface area contributed by atoms with Crippen LogP contribution in [0.15, 0.2) is 42.7 Å². The largest absolute Gasteiger partial charge is 0.491 e. The third-order valence-corrected chi connectivity index (χ3v) is 4.14. The fraction of sp³-hybridized carbons (Fsp3) is 0.250. The fourth-order valence-electron chi connectivity index (χ4n) is 2.74. The highest BCUT2D eigenvalue weighted by atomic mass is 16.5. The molecule has 0 fully saturated rings. The van der Waals surface area contributed by atoms with Gasteiger partial charge in [-0.2, -0.15) is 5.10 Å². The van der Waals surface area contributed by atoms with Crippen LogP contribution in [0.1, 0.15) is 34.2 Å². The highest BCUT2D eigenvalue weighted by molar-refractivity contribution is 6.04. The molecule has 3 aromatic rings. The minimum atomic E-state index is -0.322. The quantitative estimate of drug-likeness (QED) is 0.759. The molecule has 0 saturated carbocycles. The Balaban J connectivity index is 1.90. The molecule has 0 aliphatic rings. The molecular weight excluding hydrogens is 328 g/mol. The van der Waals surface area contributed by atoms with Crippen molar-refractivity contribution in [3.8, 4) is 11.4 Å². The number of aryl methyl sites for hydroxylation is 2. The van der Waals surface area contributed by atoms with Gasteiger partial charge in [-0.15, -0.1) is 0 Å². The highest BCUT2D eigenvalue weighted by Crippen LogP contribution is 2.23. The van der Waals surface area contributed by atoms with Gasteiger partial charge in [0.25, 0.3) is 5.91 Å². The summed E-state index contributed by atoms with van der Waals surface area (Å²) < 4.78 is 7.32. The van der Waals surface area contributed by atoms with Gasteiger partial charge in [0.2, 0.25) is 0 Å². The Bertz CT molecular complexity index is 947. The second kappa shape index (κ2) is 7.39. The summed E-state index contributed by atoms with van der Waals surface area (Å²) in [6.45, 7) is 8.34. The van der Waals surface area contributed by atoms with Crippen molar-refractivity contribution in [3.63, 3.8) is 0 Å². The van der Waals surface area contributed by atoms with Gasteiger partial charge >= 0.3 is 0 Å². The van der Waals surface area contributed by atoms with E-state index >= 15 is 0 Å². The Morgan fingerprint density at radius 3 is 2.81 bits per heavy atom. The van der Waals surface area contributed by atoms with Gasteiger partial charge in [-0.25, -0.2) is 9.67 Å². The van der Waals surface area contributed by atoms with Gasteiger partial charge in [-0.3, -0.25) is 4.79 Å². The zero-order valence-corrected chi connectivity index (χ0v) is 15.4. The lowest BCUT2D eigenvalue weighted by Gasteiger charge is -2.11. The summed E-state index contributed by atoms with van der Waals surface area (Å²) in [4.78, 5) is 16.8. The summed E-state index contributed by atoms with van der Waals surface area (Å²) in [5, 5.41) is 7.33. The molecule has 1 aromatic carbocycles. The van der Waals surface area contributed by atoms with Crippen LogP contribution in [0.4, 0.5) is 5.69 Å². The fourth-order valence-corrected chi connectivity index (χ4v) is 2.74. The highest BCUT2D eigenvalue weighted by Gasteiger charge is 2.17. The van der Waals surface area contributed by atoms with E-state index in [9.17, 15) is 4.79 Å². The van der Waals surface area contributed by atoms with Crippen LogP contribution in [0.5, 0.6) is 5.75 Å². The first kappa shape index (κ1) is 17.7. The van der Waals surface area contributed by atoms with Crippen LogP contribution in [0.25, 0.3) is 5.69 Å². The molecule has 1 amide bonds. The summed E-state index contributed by atoms with van der Waals surface area (Å²) in [5.74, 6) is 0.143. The number of carbonyl (C=O) groups is 1. The van der Waals surface area contributed by atoms with E-state index in [1.54, 1.807) is 24.5 Å². The first-order valence-electron chi connectivity index (χ1n) is 8.52. The molecule has 2 heterocycles. The Morgan fingerprint density at radius 1 is 1.23 bits per heavy atom. The molecule has 0 saturated heterocycles. The van der Waals surface area contributed by atoms with Crippen molar-refractivity contribution < 1.29 is 9.53 Å². The smallest absolute Gasteiger partial charge is 0.278 e. The SMILES string of the molecule is CCOc1cccnc1C(=O)Nc1cnn(-c2cc(C)ccc2C)c1C. The predicted molar refractivity (Wildman–Crippen MR) is 101 cm³/mol. The summed E-state index contributed by atoms with van der Waals surface area (Å²) in [7, 11) is 0. The Labute approximate surface area is 152 Å². The molecule has 1 N–H and O–H groups in total. The van der Waals surface area contributed by atoms with E-state index in [1.807, 2.05) is 32.4 Å². The van der Waals surface area contributed by atoms with Crippen molar-refractivity contribution in [2.75, 3.05) is 11.9 Å². The molecule has 0 atom stereocenters. The van der Waals surface area contributed by atoms with Crippen LogP contribution in [0.3, 0.4) is 0 Å². The Hall–Kier alpha value is -3.15. The second-order valence-corrected chi connectivity index (χ2v) is 6.08. The molecule has 6 nitrogen and oxygen atoms in total. The first-order valence-corrected chi connectivity index (χ1v) is 8.52. The first-order chi connectivity index (χ1) is 12.5. The zero-order valence-electron chi connectivity index (χ0n) is 15.4. The van der Waals surface area contributed by atoms with E-state index in [2.05, 4.69) is 33.6 Å². The standard InChI is InChI=1S/C20H22N4O2/c1-5-26-18-7-6-10-21-19(18)20(25)23-16-12-22-24(15(16)4)17-11-13(2)8-9-14(17)3/h6-12H,5H2,1-4H3,(H,23,25). The number of rotatable bonds is 5. The van der Waals surface area contributed by atoms with Gasteiger partial charge in [0.1, 0.15) is 0 Å². The zero-order chi connectivity index (χ0) is 18.7. The van der Waals surface area contributed by atoms with Gasteiger partial charge in [0.05, 0.1) is 29.9 Å². The van der Waals surface area contributed by atoms with E-state index in [-0.39, 0.29) is 11.6 Å². The van der Waals surface area contributed by atoms with Crippen molar-refractivity contribution in [2.45, 2.75) is 27.7 Å². The molecule has 0 bridgehead atoms. The molecule has 26 heavy (non-hydrogen) atoms. The molecular formula is C20H22N4O2. The summed E-state index contributed by atoms with van der Waals surface area (Å²) >= 11 is 0. The molecule has 6 heteroatoms. The number of pyridine rings is 1. The maximum Gasteiger partial charge on any atom is 0.278 e. The number of ether oxygens (including phenoxy) is 1. The van der Waals surface area contributed by atoms with Crippen molar-refractivity contribution in [2.24, 2.45) is 0 Å². The number of hydrogen-bond donors (Lipinski definition) is 1. The van der Waals surface area contributed by atoms with Crippen molar-refractivity contribution in [1.82, 2.24) is 14.8 Å². The number of hydrogen-bond acceptors (Lipinski definition) is 4. The minimum absolute atomic E-state index is 0.258. The maximum absolute atomic E-state index is 12.6. The minimum Gasteiger partial charge on any atom is -0.491 e. The van der Waals surface area contributed by atoms with E-state index in [1.165, 1.54) is 0 Å². The molecule has 0 spiro atoms. The lowest BCUT2D eigenvalue weighted by Crippen LogP contribution is -2.16. The number of aromatic nitrogens is 3. The van der Waals surface area contributed by atoms with Crippen LogP contribution >= 0.6 is 0 Å². The number of carbonyl (C=O) groups excluding carboxylic acids is 1. The normalized spacial score (nSPS) is 10.6. The molecule has 134 valence electrons. The summed E-state index contributed by atoms with van der Waals surface area (Å²) in [6.07, 6.45) is 3.22. The molecule has 2 aromatic heterocycles. The van der Waals surface area contributed by atoms with E-state index in [0.717, 1.165) is 22.5 Å². The van der Waals surface area contributed by atoms with E-state index in [4.69, 9.17) is 4.74 Å². The van der Waals surface area contributed by atoms with Gasteiger partial charge in [-0.1, -0.05) is 12.1 Å². The average Bonchev–Trinajstić information content (AvgIpc) is 2.98. The van der Waals surface area contributed by atoms with Crippen LogP contribution < -0.4 is 10.1 Å². The van der Waals surface area contributed by atoms with Crippen molar-refractivity contribution in [1.29, 1.82) is 0 Å². The number of anilines is 1. The molecule has 0 unspecified atom stereocenters. The van der Waals surface area contributed by atoms with Crippen LogP contribution in [0.2, 0.25) is 0 Å². The monoisotopic (exact) mass is 350 g/mol. The number of amides is 1. The van der Waals surface area contributed by atoms with Gasteiger partial charge in [0.15, 0.2) is 11.4 Å². The topological polar surface area (TPSA) is 69.0 Å². The average molecular weight is 350 g/mol. The van der Waals surface area contributed by atoms with Crippen molar-refractivity contribution in [3.05, 3.63) is 65.2 Å². The third kappa shape index (κ3) is 3.44. The van der Waals surface area contributed by atoms with E-state index in [0.29, 0.717) is 18.0 Å². The lowest BCUT2D eigenvalue weighted by molar-refractivity contribution is 0.101. The van der Waals surface area contributed by atoms with Crippen LogP contribution in [0, 0.1) is 20.8 Å². The number of nitrogens with one attached hydrogen (secondary N) is 1. The molecule has 0 radical (unpaired) electrons. The summed E-state index contributed by atoms with van der Waals surface area (Å²) in [5.41, 5.74) is 5.01. The van der Waals surface area contributed by atoms with Crippen LogP contribution in [-0.4, -0.2) is 27.3 Å². The second-order valence-electron chi connectivity index (χ2n) is 6.08. The Kier molecular flexibility index (Phi) is 5.02. The van der Waals surface area contributed by atoms with Gasteiger partial charge < -0.3 is 10.1 Å². The van der Waals surface area contributed by atoms with Gasteiger partial charge in [0, 0.05) is 6.20 Å². The number of nitrogens with zero attached hydrogens (tertiary/aromatic N) is 3. The van der Waals surface area contributed by atoms with Gasteiger partial charge in [-0.05, 0) is 57.0 Å². The maximum atomic E-state index is 12.6. The lowest BCUT2D eigenvalue weighted by atomic mass is 10.1. The van der Waals surface area contributed by atoms with Crippen LogP contribution in [-0.2, 0) is 0 Å². The summed E-state index contributed by atoms with van der Waals surface area (Å²) in [6, 6.07) is 9.68. The Morgan fingerprint density at radius 2 is 2.04 bits per heavy atom. The molecule has 3 rings (SSSR count). The molecule has 0 aliphatic carbocycles. The molecule has 0 aliphatic heterocycles. The third-order valence-electron chi connectivity index (χ3n) is 4.14. The van der Waals surface area contributed by atoms with E-state index < -0.39 is 0 Å². The van der Waals surface area contributed by atoms with Crippen molar-refractivity contribution >= 4 is 11.6 Å².